The number of nitrogens with zero attached hydrogens (tertiary/aromatic N) is 5. The van der Waals surface area contributed by atoms with Gasteiger partial charge in [-0.1, -0.05) is 55.4 Å². The van der Waals surface area contributed by atoms with E-state index in [9.17, 15) is 22.8 Å². The molecule has 1 fully saturated rings. The minimum atomic E-state index is -4.78. The van der Waals surface area contributed by atoms with Gasteiger partial charge in [-0.15, -0.1) is 0 Å². The molecule has 3 aromatic rings. The van der Waals surface area contributed by atoms with Crippen LogP contribution in [0.5, 0.6) is 0 Å². The fourth-order valence-corrected chi connectivity index (χ4v) is 5.10. The molecule has 2 aromatic carbocycles. The lowest BCUT2D eigenvalue weighted by molar-refractivity contribution is -0.138. The van der Waals surface area contributed by atoms with E-state index in [1.54, 1.807) is 0 Å². The van der Waals surface area contributed by atoms with Crippen molar-refractivity contribution in [1.82, 2.24) is 19.9 Å². The third kappa shape index (κ3) is 5.88. The number of carbonyl (C=O) groups excluding carboxylic acids is 2. The third-order valence-electron chi connectivity index (χ3n) is 7.61. The molecule has 2 aliphatic rings. The summed E-state index contributed by atoms with van der Waals surface area (Å²) in [5.74, 6) is -0.0671. The van der Waals surface area contributed by atoms with Crippen LogP contribution in [0.25, 0.3) is 0 Å². The fourth-order valence-electron chi connectivity index (χ4n) is 5.10. The van der Waals surface area contributed by atoms with Crippen molar-refractivity contribution in [2.75, 3.05) is 7.05 Å². The Kier molecular flexibility index (Phi) is 7.82. The first-order valence-corrected chi connectivity index (χ1v) is 13.9. The minimum absolute atomic E-state index is 0.0268. The summed E-state index contributed by atoms with van der Waals surface area (Å²) in [5.41, 5.74) is 4.40. The van der Waals surface area contributed by atoms with E-state index < -0.39 is 28.7 Å². The zero-order valence-electron chi connectivity index (χ0n) is 23.7. The summed E-state index contributed by atoms with van der Waals surface area (Å²) in [6, 6.07) is 12.4. The topological polar surface area (TPSA) is 118 Å². The van der Waals surface area contributed by atoms with Gasteiger partial charge in [0.05, 0.1) is 24.2 Å². The van der Waals surface area contributed by atoms with E-state index >= 15 is 0 Å². The van der Waals surface area contributed by atoms with Crippen LogP contribution in [0.3, 0.4) is 0 Å². The zero-order chi connectivity index (χ0) is 30.2. The smallest absolute Gasteiger partial charge is 0.369 e. The molecule has 12 heteroatoms. The lowest BCUT2D eigenvalue weighted by Crippen LogP contribution is -2.42. The van der Waals surface area contributed by atoms with Crippen molar-refractivity contribution in [1.29, 1.82) is 0 Å². The number of nitrogens with two attached hydrogens (primary N) is 1. The fraction of sp³-hybridized carbons (Fsp3) is 0.433. The van der Waals surface area contributed by atoms with Crippen LogP contribution < -0.4 is 5.73 Å². The van der Waals surface area contributed by atoms with E-state index in [1.807, 2.05) is 44.2 Å². The van der Waals surface area contributed by atoms with Crippen LogP contribution in [-0.2, 0) is 29.6 Å². The van der Waals surface area contributed by atoms with Crippen molar-refractivity contribution in [3.8, 4) is 0 Å². The van der Waals surface area contributed by atoms with Gasteiger partial charge in [-0.25, -0.2) is 4.99 Å². The molecule has 9 nitrogen and oxygen atoms in total. The summed E-state index contributed by atoms with van der Waals surface area (Å²) in [6.07, 6.45) is -1.77. The normalized spacial score (nSPS) is 19.0. The molecule has 42 heavy (non-hydrogen) atoms. The molecule has 1 atom stereocenters. The molecule has 2 N–H and O–H groups in total. The van der Waals surface area contributed by atoms with E-state index in [2.05, 4.69) is 15.1 Å². The number of hydrogen-bond donors (Lipinski definition) is 1. The van der Waals surface area contributed by atoms with Gasteiger partial charge in [-0.05, 0) is 54.9 Å². The average Bonchev–Trinajstić information content (AvgIpc) is 3.65. The highest BCUT2D eigenvalue weighted by molar-refractivity contribution is 6.07. The molecule has 1 saturated carbocycles. The number of hydrogen-bond acceptors (Lipinski definition) is 7. The highest BCUT2D eigenvalue weighted by Crippen LogP contribution is 2.40. The molecule has 1 aliphatic carbocycles. The second kappa shape index (κ2) is 11.2. The Morgan fingerprint density at radius 3 is 2.55 bits per heavy atom. The van der Waals surface area contributed by atoms with E-state index in [1.165, 1.54) is 18.0 Å². The third-order valence-corrected chi connectivity index (χ3v) is 7.61. The van der Waals surface area contributed by atoms with Gasteiger partial charge in [0, 0.05) is 13.0 Å². The number of guanidine groups is 1. The Bertz CT molecular complexity index is 1500. The number of aromatic nitrogens is 2. The van der Waals surface area contributed by atoms with Gasteiger partial charge < -0.3 is 15.2 Å². The van der Waals surface area contributed by atoms with Gasteiger partial charge >= 0.3 is 6.18 Å². The maximum Gasteiger partial charge on any atom is 0.417 e. The van der Waals surface area contributed by atoms with Crippen molar-refractivity contribution in [2.45, 2.75) is 70.3 Å². The molecule has 0 saturated heterocycles. The van der Waals surface area contributed by atoms with Crippen LogP contribution in [0.2, 0.25) is 0 Å². The van der Waals surface area contributed by atoms with Gasteiger partial charge in [0.15, 0.2) is 17.3 Å². The summed E-state index contributed by atoms with van der Waals surface area (Å²) in [5, 5.41) is 3.86. The quantitative estimate of drug-likeness (QED) is 0.350. The molecule has 0 unspecified atom stereocenters. The molecule has 2 heterocycles. The first-order valence-electron chi connectivity index (χ1n) is 13.9. The summed E-state index contributed by atoms with van der Waals surface area (Å²) in [6.45, 7) is 3.81. The Morgan fingerprint density at radius 1 is 1.19 bits per heavy atom. The van der Waals surface area contributed by atoms with E-state index in [0.717, 1.165) is 29.9 Å². The Morgan fingerprint density at radius 2 is 1.90 bits per heavy atom. The monoisotopic (exact) mass is 582 g/mol. The maximum atomic E-state index is 14.0. The van der Waals surface area contributed by atoms with Crippen LogP contribution in [0, 0.1) is 5.92 Å². The number of halogens is 3. The van der Waals surface area contributed by atoms with Gasteiger partial charge in [0.1, 0.15) is 0 Å². The molecule has 1 aromatic heterocycles. The molecule has 0 spiro atoms. The number of aliphatic imine (C=N–C) groups is 1. The minimum Gasteiger partial charge on any atom is -0.369 e. The summed E-state index contributed by atoms with van der Waals surface area (Å²) >= 11 is 0. The number of amides is 2. The van der Waals surface area contributed by atoms with Crippen LogP contribution in [0.1, 0.15) is 84.2 Å². The molecule has 5 rings (SSSR count). The molecule has 1 aliphatic heterocycles. The van der Waals surface area contributed by atoms with Gasteiger partial charge in [0.25, 0.3) is 11.8 Å². The van der Waals surface area contributed by atoms with Crippen molar-refractivity contribution >= 4 is 17.8 Å². The standard InChI is InChI=1S/C30H33F3N6O3/c1-18(2)13-14-29(21-7-5-4-6-8-21)27(41)39(28(34)36-29)16-19-9-12-23(30(31,32)33)22(15-19)26(40)38(3)17-24-35-25(42-37-24)20-10-11-20/h4-9,12,15,18,20H,10-11,13-14,16-17H2,1-3H3,(H2,34,36)/t29-/m1/s1. The molecule has 222 valence electrons. The second-order valence-corrected chi connectivity index (χ2v) is 11.4. The van der Waals surface area contributed by atoms with E-state index in [0.29, 0.717) is 35.8 Å². The van der Waals surface area contributed by atoms with Crippen LogP contribution >= 0.6 is 0 Å². The summed E-state index contributed by atoms with van der Waals surface area (Å²) < 4.78 is 47.2. The molecule has 2 amide bonds. The van der Waals surface area contributed by atoms with Gasteiger partial charge in [-0.3, -0.25) is 14.5 Å². The van der Waals surface area contributed by atoms with Crippen molar-refractivity contribution in [2.24, 2.45) is 16.6 Å². The SMILES string of the molecule is CC(C)CC[C@]1(c2ccccc2)N=C(N)N(Cc2ccc(C(F)(F)F)c(C(=O)N(C)Cc3noc(C4CC4)n3)c2)C1=O. The molecular weight excluding hydrogens is 549 g/mol. The van der Waals surface area contributed by atoms with Crippen LogP contribution in [0.15, 0.2) is 58.0 Å². The number of rotatable bonds is 10. The largest absolute Gasteiger partial charge is 0.417 e. The Hall–Kier alpha value is -4.22. The molecule has 0 radical (unpaired) electrons. The Labute approximate surface area is 241 Å². The highest BCUT2D eigenvalue weighted by atomic mass is 19.4. The molecule has 0 bridgehead atoms. The van der Waals surface area contributed by atoms with E-state index in [4.69, 9.17) is 10.3 Å². The maximum absolute atomic E-state index is 14.0. The van der Waals surface area contributed by atoms with Crippen molar-refractivity contribution < 1.29 is 27.3 Å². The van der Waals surface area contributed by atoms with Crippen LogP contribution in [0.4, 0.5) is 13.2 Å². The van der Waals surface area contributed by atoms with Crippen molar-refractivity contribution in [3.05, 3.63) is 82.5 Å². The zero-order valence-corrected chi connectivity index (χ0v) is 23.7. The van der Waals surface area contributed by atoms with Gasteiger partial charge in [-0.2, -0.15) is 18.2 Å². The number of benzene rings is 2. The van der Waals surface area contributed by atoms with Crippen molar-refractivity contribution in [3.63, 3.8) is 0 Å². The second-order valence-electron chi connectivity index (χ2n) is 11.4. The van der Waals surface area contributed by atoms with Gasteiger partial charge in [0.2, 0.25) is 5.89 Å². The lowest BCUT2D eigenvalue weighted by atomic mass is 9.83. The summed E-state index contributed by atoms with van der Waals surface area (Å²) in [4.78, 5) is 38.5. The average molecular weight is 583 g/mol. The number of alkyl halides is 3. The molecular formula is C30H33F3N6O3. The predicted octanol–water partition coefficient (Wildman–Crippen LogP) is 5.23. The first kappa shape index (κ1) is 29.3. The summed E-state index contributed by atoms with van der Waals surface area (Å²) in [7, 11) is 1.37. The first-order chi connectivity index (χ1) is 19.9. The highest BCUT2D eigenvalue weighted by Gasteiger charge is 2.49. The van der Waals surface area contributed by atoms with E-state index in [-0.39, 0.29) is 36.7 Å². The lowest BCUT2D eigenvalue weighted by Gasteiger charge is -2.27. The predicted molar refractivity (Wildman–Crippen MR) is 148 cm³/mol. The number of carbonyl (C=O) groups is 2. The Balaban J connectivity index is 1.41. The van der Waals surface area contributed by atoms with Crippen LogP contribution in [-0.4, -0.2) is 44.8 Å².